The van der Waals surface area contributed by atoms with Crippen molar-refractivity contribution in [2.75, 3.05) is 27.3 Å². The number of aliphatic hydroxyl groups is 1. The minimum Gasteiger partial charge on any atom is -0.493 e. The van der Waals surface area contributed by atoms with Crippen LogP contribution in [0.2, 0.25) is 5.02 Å². The molecule has 0 spiro atoms. The van der Waals surface area contributed by atoms with Gasteiger partial charge in [0.25, 0.3) is 0 Å². The number of nitrogens with zero attached hydrogens (tertiary/aromatic N) is 4. The number of benzene rings is 2. The highest BCUT2D eigenvalue weighted by Gasteiger charge is 2.38. The van der Waals surface area contributed by atoms with Gasteiger partial charge in [0, 0.05) is 35.2 Å². The molecule has 9 nitrogen and oxygen atoms in total. The number of ether oxygens (including phenoxy) is 3. The molecular formula is C27H31ClN4O5. The highest BCUT2D eigenvalue weighted by atomic mass is 35.5. The van der Waals surface area contributed by atoms with Crippen LogP contribution in [0.4, 0.5) is 0 Å². The van der Waals surface area contributed by atoms with E-state index >= 15 is 0 Å². The van der Waals surface area contributed by atoms with Crippen LogP contribution in [0.5, 0.6) is 11.5 Å². The van der Waals surface area contributed by atoms with Crippen LogP contribution < -0.4 is 9.47 Å². The van der Waals surface area contributed by atoms with E-state index in [1.54, 1.807) is 19.1 Å². The summed E-state index contributed by atoms with van der Waals surface area (Å²) in [5, 5.41) is 19.5. The van der Waals surface area contributed by atoms with Gasteiger partial charge in [-0.2, -0.15) is 0 Å². The lowest BCUT2D eigenvalue weighted by atomic mass is 9.98. The maximum atomic E-state index is 13.3. The van der Waals surface area contributed by atoms with Crippen LogP contribution in [0.15, 0.2) is 36.4 Å². The molecule has 2 aliphatic rings. The lowest BCUT2D eigenvalue weighted by molar-refractivity contribution is -0.134. The molecule has 1 saturated heterocycles. The predicted octanol–water partition coefficient (Wildman–Crippen LogP) is 4.21. The topological polar surface area (TPSA) is 98.9 Å². The molecule has 1 aromatic heterocycles. The highest BCUT2D eigenvalue weighted by molar-refractivity contribution is 6.30. The van der Waals surface area contributed by atoms with Crippen molar-refractivity contribution in [3.05, 3.63) is 64.2 Å². The van der Waals surface area contributed by atoms with Crippen molar-refractivity contribution in [2.24, 2.45) is 0 Å². The second-order valence-corrected chi connectivity index (χ2v) is 10.1. The second kappa shape index (κ2) is 10.3. The van der Waals surface area contributed by atoms with Gasteiger partial charge in [-0.05, 0) is 30.7 Å². The Bertz CT molecular complexity index is 1310. The number of likely N-dealkylation sites (tertiary alicyclic amines) is 1. The molecule has 37 heavy (non-hydrogen) atoms. The summed E-state index contributed by atoms with van der Waals surface area (Å²) in [5.74, 6) is 2.37. The molecular weight excluding hydrogens is 496 g/mol. The maximum absolute atomic E-state index is 13.3. The van der Waals surface area contributed by atoms with Gasteiger partial charge in [-0.25, -0.2) is 0 Å². The SMILES string of the molecule is COc1cccc(C2OC(CC(=O)N3CCC(O)C3)c3nnc(C(C)C)n3-c3ccc(Cl)cc32)c1OC. The zero-order valence-electron chi connectivity index (χ0n) is 21.3. The molecule has 0 saturated carbocycles. The Balaban J connectivity index is 1.68. The largest absolute Gasteiger partial charge is 0.493 e. The Morgan fingerprint density at radius 2 is 2.00 bits per heavy atom. The zero-order chi connectivity index (χ0) is 26.3. The lowest BCUT2D eigenvalue weighted by Gasteiger charge is -2.25. The summed E-state index contributed by atoms with van der Waals surface area (Å²) in [6, 6.07) is 11.2. The highest BCUT2D eigenvalue weighted by Crippen LogP contribution is 2.46. The van der Waals surface area contributed by atoms with Crippen LogP contribution in [0.1, 0.15) is 67.6 Å². The van der Waals surface area contributed by atoms with Crippen molar-refractivity contribution in [3.63, 3.8) is 0 Å². The van der Waals surface area contributed by atoms with Gasteiger partial charge in [0.05, 0.1) is 32.4 Å². The summed E-state index contributed by atoms with van der Waals surface area (Å²) in [5.41, 5.74) is 2.37. The molecule has 1 amide bonds. The van der Waals surface area contributed by atoms with Crippen LogP contribution in [0.25, 0.3) is 5.69 Å². The fourth-order valence-electron chi connectivity index (χ4n) is 5.13. The molecule has 196 valence electrons. The molecule has 3 unspecified atom stereocenters. The van der Waals surface area contributed by atoms with E-state index in [0.717, 1.165) is 22.6 Å². The Labute approximate surface area is 220 Å². The molecule has 3 heterocycles. The van der Waals surface area contributed by atoms with Gasteiger partial charge < -0.3 is 24.2 Å². The average molecular weight is 527 g/mol. The normalized spacial score (nSPS) is 20.9. The number of fused-ring (bicyclic) bond motifs is 3. The van der Waals surface area contributed by atoms with E-state index in [9.17, 15) is 9.90 Å². The van der Waals surface area contributed by atoms with Gasteiger partial charge in [0.15, 0.2) is 17.3 Å². The molecule has 0 bridgehead atoms. The maximum Gasteiger partial charge on any atom is 0.225 e. The Kier molecular flexibility index (Phi) is 7.11. The van der Waals surface area contributed by atoms with Crippen molar-refractivity contribution in [1.29, 1.82) is 0 Å². The summed E-state index contributed by atoms with van der Waals surface area (Å²) < 4.78 is 20.1. The number of methoxy groups -OCH3 is 2. The number of amides is 1. The minimum atomic E-state index is -0.711. The number of hydrogen-bond donors (Lipinski definition) is 1. The molecule has 3 atom stereocenters. The Morgan fingerprint density at radius 1 is 1.19 bits per heavy atom. The minimum absolute atomic E-state index is 0.0491. The third-order valence-electron chi connectivity index (χ3n) is 6.92. The number of hydrogen-bond acceptors (Lipinski definition) is 7. The molecule has 3 aromatic rings. The van der Waals surface area contributed by atoms with E-state index < -0.39 is 18.3 Å². The summed E-state index contributed by atoms with van der Waals surface area (Å²) in [4.78, 5) is 15.0. The van der Waals surface area contributed by atoms with Crippen molar-refractivity contribution < 1.29 is 24.1 Å². The standard InChI is InChI=1S/C27H31ClN4O5/c1-15(2)26-29-30-27-22(13-23(34)31-11-10-17(33)14-31)37-24(18-6-5-7-21(35-3)25(18)36-4)19-12-16(28)8-9-20(19)32(26)27/h5-9,12,15,17,22,24,33H,10-11,13-14H2,1-4H3. The van der Waals surface area contributed by atoms with E-state index in [4.69, 9.17) is 25.8 Å². The number of para-hydroxylation sites is 1. The number of β-amino-alcohol motifs (C(OH)–C–C–N with tert-alkyl or cyclic N) is 1. The van der Waals surface area contributed by atoms with Crippen molar-refractivity contribution in [1.82, 2.24) is 19.7 Å². The first kappa shape index (κ1) is 25.5. The van der Waals surface area contributed by atoms with Gasteiger partial charge in [-0.1, -0.05) is 37.6 Å². The molecule has 0 aliphatic carbocycles. The molecule has 1 fully saturated rings. The van der Waals surface area contributed by atoms with Crippen LogP contribution in [0, 0.1) is 0 Å². The van der Waals surface area contributed by atoms with Gasteiger partial charge in [-0.3, -0.25) is 9.36 Å². The molecule has 0 radical (unpaired) electrons. The van der Waals surface area contributed by atoms with E-state index in [1.807, 2.05) is 54.8 Å². The van der Waals surface area contributed by atoms with Gasteiger partial charge >= 0.3 is 0 Å². The predicted molar refractivity (Wildman–Crippen MR) is 137 cm³/mol. The zero-order valence-corrected chi connectivity index (χ0v) is 22.1. The van der Waals surface area contributed by atoms with Gasteiger partial charge in [-0.15, -0.1) is 10.2 Å². The summed E-state index contributed by atoms with van der Waals surface area (Å²) in [6.45, 7) is 4.93. The lowest BCUT2D eigenvalue weighted by Crippen LogP contribution is -2.31. The Morgan fingerprint density at radius 3 is 2.68 bits per heavy atom. The quantitative estimate of drug-likeness (QED) is 0.513. The number of carbonyl (C=O) groups excluding carboxylic acids is 1. The molecule has 1 N–H and O–H groups in total. The third-order valence-corrected chi connectivity index (χ3v) is 7.16. The van der Waals surface area contributed by atoms with E-state index in [0.29, 0.717) is 41.9 Å². The van der Waals surface area contributed by atoms with Crippen molar-refractivity contribution in [2.45, 2.75) is 50.9 Å². The number of halogens is 1. The summed E-state index contributed by atoms with van der Waals surface area (Å²) >= 11 is 6.50. The van der Waals surface area contributed by atoms with E-state index in [-0.39, 0.29) is 18.2 Å². The summed E-state index contributed by atoms with van der Waals surface area (Å²) in [6.07, 6.45) is -1.23. The smallest absolute Gasteiger partial charge is 0.225 e. The van der Waals surface area contributed by atoms with Crippen LogP contribution in [-0.2, 0) is 9.53 Å². The monoisotopic (exact) mass is 526 g/mol. The number of aromatic nitrogens is 3. The first-order valence-corrected chi connectivity index (χ1v) is 12.8. The molecule has 2 aromatic carbocycles. The fourth-order valence-corrected chi connectivity index (χ4v) is 5.31. The van der Waals surface area contributed by atoms with Gasteiger partial charge in [0.2, 0.25) is 5.91 Å². The first-order valence-electron chi connectivity index (χ1n) is 12.4. The van der Waals surface area contributed by atoms with Gasteiger partial charge in [0.1, 0.15) is 18.0 Å². The van der Waals surface area contributed by atoms with E-state index in [2.05, 4.69) is 10.2 Å². The number of rotatable bonds is 6. The van der Waals surface area contributed by atoms with Crippen LogP contribution >= 0.6 is 11.6 Å². The van der Waals surface area contributed by atoms with Crippen molar-refractivity contribution in [3.8, 4) is 17.2 Å². The third kappa shape index (κ3) is 4.67. The van der Waals surface area contributed by atoms with Crippen LogP contribution in [0.3, 0.4) is 0 Å². The number of aliphatic hydroxyl groups excluding tert-OH is 1. The second-order valence-electron chi connectivity index (χ2n) is 9.68. The van der Waals surface area contributed by atoms with Crippen molar-refractivity contribution >= 4 is 17.5 Å². The molecule has 2 aliphatic heterocycles. The molecule has 5 rings (SSSR count). The number of carbonyl (C=O) groups is 1. The van der Waals surface area contributed by atoms with E-state index in [1.165, 1.54) is 0 Å². The summed E-state index contributed by atoms with van der Waals surface area (Å²) in [7, 11) is 3.17. The first-order chi connectivity index (χ1) is 17.8. The van der Waals surface area contributed by atoms with Crippen LogP contribution in [-0.4, -0.2) is 64.1 Å². The average Bonchev–Trinajstić information content (AvgIpc) is 3.50. The molecule has 10 heteroatoms. The fraction of sp³-hybridized carbons (Fsp3) is 0.444. The Hall–Kier alpha value is -3.14.